The lowest BCUT2D eigenvalue weighted by Crippen LogP contribution is -2.31. The number of carbonyl (C=O) groups excluding carboxylic acids is 1. The zero-order chi connectivity index (χ0) is 13.4. The summed E-state index contributed by atoms with van der Waals surface area (Å²) in [5.74, 6) is 0. The first-order valence-electron chi connectivity index (χ1n) is 6.27. The quantitative estimate of drug-likeness (QED) is 0.879. The molecular formula is C12H15N3O2S2. The van der Waals surface area contributed by atoms with Gasteiger partial charge in [-0.25, -0.2) is 9.78 Å². The highest BCUT2D eigenvalue weighted by molar-refractivity contribution is 7.29. The van der Waals surface area contributed by atoms with Crippen molar-refractivity contribution in [1.29, 1.82) is 0 Å². The minimum atomic E-state index is -0.223. The van der Waals surface area contributed by atoms with Crippen molar-refractivity contribution in [3.8, 4) is 0 Å². The van der Waals surface area contributed by atoms with E-state index in [1.54, 1.807) is 27.6 Å². The summed E-state index contributed by atoms with van der Waals surface area (Å²) >= 11 is 3.19. The molecule has 0 spiro atoms. The molecule has 3 heterocycles. The average Bonchev–Trinajstić information content (AvgIpc) is 2.78. The van der Waals surface area contributed by atoms with Gasteiger partial charge in [-0.3, -0.25) is 0 Å². The van der Waals surface area contributed by atoms with Gasteiger partial charge in [0.1, 0.15) is 4.83 Å². The van der Waals surface area contributed by atoms with Crippen molar-refractivity contribution < 1.29 is 9.53 Å². The molecule has 0 unspecified atom stereocenters. The van der Waals surface area contributed by atoms with Crippen molar-refractivity contribution in [2.75, 3.05) is 18.9 Å². The molecule has 0 saturated heterocycles. The Morgan fingerprint density at radius 3 is 3.16 bits per heavy atom. The van der Waals surface area contributed by atoms with Gasteiger partial charge in [0.25, 0.3) is 0 Å². The molecule has 102 valence electrons. The van der Waals surface area contributed by atoms with Crippen LogP contribution in [0.25, 0.3) is 9.53 Å². The maximum absolute atomic E-state index is 11.8. The fourth-order valence-corrected chi connectivity index (χ4v) is 4.68. The van der Waals surface area contributed by atoms with Gasteiger partial charge in [-0.1, -0.05) is 11.3 Å². The predicted molar refractivity (Wildman–Crippen MR) is 77.7 cm³/mol. The maximum Gasteiger partial charge on any atom is 0.410 e. The highest BCUT2D eigenvalue weighted by atomic mass is 32.1. The van der Waals surface area contributed by atoms with Crippen LogP contribution in [0.15, 0.2) is 0 Å². The molecule has 0 bridgehead atoms. The van der Waals surface area contributed by atoms with Crippen molar-refractivity contribution in [2.45, 2.75) is 26.3 Å². The molecule has 0 aliphatic carbocycles. The SMILES string of the molecule is CCOC(=O)N1CCCc2c(sc3nc(N)sc23)C1. The molecule has 7 heteroatoms. The molecule has 0 aromatic carbocycles. The van der Waals surface area contributed by atoms with Gasteiger partial charge in [0.05, 0.1) is 17.9 Å². The van der Waals surface area contributed by atoms with E-state index in [1.807, 2.05) is 6.92 Å². The third kappa shape index (κ3) is 2.28. The van der Waals surface area contributed by atoms with Crippen LogP contribution in [-0.4, -0.2) is 29.1 Å². The van der Waals surface area contributed by atoms with Gasteiger partial charge >= 0.3 is 6.09 Å². The normalized spacial score (nSPS) is 15.3. The Morgan fingerprint density at radius 2 is 2.37 bits per heavy atom. The number of nitrogens with two attached hydrogens (primary N) is 1. The lowest BCUT2D eigenvalue weighted by atomic mass is 10.1. The van der Waals surface area contributed by atoms with Crippen molar-refractivity contribution >= 4 is 43.4 Å². The molecule has 3 rings (SSSR count). The van der Waals surface area contributed by atoms with Crippen molar-refractivity contribution in [3.05, 3.63) is 10.4 Å². The van der Waals surface area contributed by atoms with Crippen LogP contribution in [0.3, 0.4) is 0 Å². The molecular weight excluding hydrogens is 282 g/mol. The van der Waals surface area contributed by atoms with E-state index >= 15 is 0 Å². The summed E-state index contributed by atoms with van der Waals surface area (Å²) in [4.78, 5) is 20.2. The van der Waals surface area contributed by atoms with Gasteiger partial charge < -0.3 is 15.4 Å². The summed E-state index contributed by atoms with van der Waals surface area (Å²) in [6, 6.07) is 0. The largest absolute Gasteiger partial charge is 0.450 e. The number of amides is 1. The van der Waals surface area contributed by atoms with Crippen LogP contribution in [0.1, 0.15) is 23.8 Å². The highest BCUT2D eigenvalue weighted by Gasteiger charge is 2.24. The van der Waals surface area contributed by atoms with Crippen molar-refractivity contribution in [1.82, 2.24) is 9.88 Å². The fraction of sp³-hybridized carbons (Fsp3) is 0.500. The molecule has 0 atom stereocenters. The zero-order valence-electron chi connectivity index (χ0n) is 10.6. The standard InChI is InChI=1S/C12H15N3O2S2/c1-2-17-12(16)15-5-3-4-7-8(6-15)18-10-9(7)19-11(13)14-10/h2-6H2,1H3,(H2,13,14). The smallest absolute Gasteiger partial charge is 0.410 e. The topological polar surface area (TPSA) is 68.5 Å². The number of aromatic nitrogens is 1. The fourth-order valence-electron chi connectivity index (χ4n) is 2.34. The summed E-state index contributed by atoms with van der Waals surface area (Å²) in [6.07, 6.45) is 1.71. The number of thiophene rings is 1. The van der Waals surface area contributed by atoms with Gasteiger partial charge in [0.2, 0.25) is 0 Å². The summed E-state index contributed by atoms with van der Waals surface area (Å²) < 4.78 is 6.28. The van der Waals surface area contributed by atoms with Crippen molar-refractivity contribution in [3.63, 3.8) is 0 Å². The Hall–Kier alpha value is -1.34. The molecule has 2 aromatic heterocycles. The van der Waals surface area contributed by atoms with Gasteiger partial charge in [0.15, 0.2) is 5.13 Å². The van der Waals surface area contributed by atoms with Gasteiger partial charge in [-0.15, -0.1) is 11.3 Å². The van der Waals surface area contributed by atoms with E-state index in [0.29, 0.717) is 18.3 Å². The number of ether oxygens (including phenoxy) is 1. The number of aryl methyl sites for hydroxylation is 1. The molecule has 2 N–H and O–H groups in total. The van der Waals surface area contributed by atoms with E-state index in [0.717, 1.165) is 24.2 Å². The van der Waals surface area contributed by atoms with E-state index < -0.39 is 0 Å². The number of carbonyl (C=O) groups is 1. The second-order valence-corrected chi connectivity index (χ2v) is 6.53. The molecule has 0 radical (unpaired) electrons. The van der Waals surface area contributed by atoms with Crippen LogP contribution in [0, 0.1) is 0 Å². The number of nitrogens with zero attached hydrogens (tertiary/aromatic N) is 2. The molecule has 2 aromatic rings. The van der Waals surface area contributed by atoms with E-state index in [9.17, 15) is 4.79 Å². The number of rotatable bonds is 1. The molecule has 1 aliphatic heterocycles. The number of hydrogen-bond acceptors (Lipinski definition) is 6. The molecule has 1 aliphatic rings. The first-order chi connectivity index (χ1) is 9.19. The summed E-state index contributed by atoms with van der Waals surface area (Å²) in [5.41, 5.74) is 7.07. The first-order valence-corrected chi connectivity index (χ1v) is 7.90. The summed E-state index contributed by atoms with van der Waals surface area (Å²) in [6.45, 7) is 3.62. The first kappa shape index (κ1) is 12.7. The van der Waals surface area contributed by atoms with Crippen LogP contribution < -0.4 is 5.73 Å². The minimum Gasteiger partial charge on any atom is -0.450 e. The Kier molecular flexibility index (Phi) is 3.32. The highest BCUT2D eigenvalue weighted by Crippen LogP contribution is 2.38. The van der Waals surface area contributed by atoms with Gasteiger partial charge in [0, 0.05) is 11.4 Å². The van der Waals surface area contributed by atoms with Crippen LogP contribution in [0.5, 0.6) is 0 Å². The lowest BCUT2D eigenvalue weighted by molar-refractivity contribution is 0.105. The lowest BCUT2D eigenvalue weighted by Gasteiger charge is -2.18. The number of fused-ring (bicyclic) bond motifs is 3. The molecule has 1 amide bonds. The molecule has 0 fully saturated rings. The van der Waals surface area contributed by atoms with Crippen LogP contribution in [0.4, 0.5) is 9.93 Å². The molecule has 5 nitrogen and oxygen atoms in total. The second kappa shape index (κ2) is 4.97. The zero-order valence-corrected chi connectivity index (χ0v) is 12.3. The number of hydrogen-bond donors (Lipinski definition) is 1. The summed E-state index contributed by atoms with van der Waals surface area (Å²) in [7, 11) is 0. The molecule has 0 saturated carbocycles. The van der Waals surface area contributed by atoms with Crippen LogP contribution in [-0.2, 0) is 17.7 Å². The molecule has 19 heavy (non-hydrogen) atoms. The van der Waals surface area contributed by atoms with Gasteiger partial charge in [-0.05, 0) is 25.3 Å². The summed E-state index contributed by atoms with van der Waals surface area (Å²) in [5, 5.41) is 0.621. The van der Waals surface area contributed by atoms with E-state index in [-0.39, 0.29) is 6.09 Å². The Bertz CT molecular complexity index is 620. The number of nitrogen functional groups attached to an aromatic ring is 1. The second-order valence-electron chi connectivity index (χ2n) is 4.41. The third-order valence-electron chi connectivity index (χ3n) is 3.16. The van der Waals surface area contributed by atoms with E-state index in [1.165, 1.54) is 15.1 Å². The van der Waals surface area contributed by atoms with Crippen LogP contribution in [0.2, 0.25) is 0 Å². The van der Waals surface area contributed by atoms with E-state index in [2.05, 4.69) is 4.98 Å². The third-order valence-corrected chi connectivity index (χ3v) is 5.34. The average molecular weight is 297 g/mol. The predicted octanol–water partition coefficient (Wildman–Crippen LogP) is 2.84. The van der Waals surface area contributed by atoms with Crippen LogP contribution >= 0.6 is 22.7 Å². The number of thiazole rings is 1. The Balaban J connectivity index is 1.92. The number of anilines is 1. The maximum atomic E-state index is 11.8. The minimum absolute atomic E-state index is 0.223. The Morgan fingerprint density at radius 1 is 1.53 bits per heavy atom. The monoisotopic (exact) mass is 297 g/mol. The van der Waals surface area contributed by atoms with Crippen molar-refractivity contribution in [2.24, 2.45) is 0 Å². The van der Waals surface area contributed by atoms with E-state index in [4.69, 9.17) is 10.5 Å². The van der Waals surface area contributed by atoms with Gasteiger partial charge in [-0.2, -0.15) is 0 Å². The Labute approximate surface area is 119 Å².